The highest BCUT2D eigenvalue weighted by Gasteiger charge is 2.35. The molecule has 1 aliphatic heterocycles. The van der Waals surface area contributed by atoms with Crippen molar-refractivity contribution >= 4 is 51.1 Å². The standard InChI is InChI=1S/C17H11N3O2S2/c21-15-14(11-13-7-4-9-22-13)24-17(19-16-18-8-10-23-16)20(15)12-5-2-1-3-6-12/h1-11H/b14-11+,19-17+. The summed E-state index contributed by atoms with van der Waals surface area (Å²) in [6, 6.07) is 13.1. The molecule has 1 aliphatic rings. The van der Waals surface area contributed by atoms with E-state index in [2.05, 4.69) is 9.98 Å². The summed E-state index contributed by atoms with van der Waals surface area (Å²) >= 11 is 2.74. The largest absolute Gasteiger partial charge is 0.465 e. The Kier molecular flexibility index (Phi) is 4.02. The molecule has 118 valence electrons. The number of amides is 1. The zero-order valence-corrected chi connectivity index (χ0v) is 14.0. The second-order valence-corrected chi connectivity index (χ2v) is 6.69. The van der Waals surface area contributed by atoms with E-state index in [1.165, 1.54) is 23.1 Å². The molecule has 0 bridgehead atoms. The van der Waals surface area contributed by atoms with Crippen LogP contribution in [0.25, 0.3) is 6.08 Å². The molecule has 0 aliphatic carbocycles. The number of aliphatic imine (C=N–C) groups is 1. The number of carbonyl (C=O) groups is 1. The molecular weight excluding hydrogens is 342 g/mol. The smallest absolute Gasteiger partial charge is 0.271 e. The van der Waals surface area contributed by atoms with E-state index in [0.29, 0.717) is 21.0 Å². The molecule has 24 heavy (non-hydrogen) atoms. The van der Waals surface area contributed by atoms with Crippen molar-refractivity contribution in [2.24, 2.45) is 4.99 Å². The van der Waals surface area contributed by atoms with Crippen molar-refractivity contribution in [3.05, 3.63) is 71.0 Å². The van der Waals surface area contributed by atoms with Crippen molar-refractivity contribution in [3.63, 3.8) is 0 Å². The molecule has 1 fully saturated rings. The number of amidine groups is 1. The summed E-state index contributed by atoms with van der Waals surface area (Å²) in [6.45, 7) is 0. The lowest BCUT2D eigenvalue weighted by Gasteiger charge is -2.14. The zero-order valence-electron chi connectivity index (χ0n) is 12.3. The first-order valence-corrected chi connectivity index (χ1v) is 8.81. The predicted molar refractivity (Wildman–Crippen MR) is 97.4 cm³/mol. The van der Waals surface area contributed by atoms with Crippen LogP contribution in [-0.2, 0) is 4.79 Å². The maximum atomic E-state index is 12.9. The normalized spacial score (nSPS) is 18.0. The fourth-order valence-electron chi connectivity index (χ4n) is 2.21. The third kappa shape index (κ3) is 2.91. The summed E-state index contributed by atoms with van der Waals surface area (Å²) in [5, 5.41) is 3.05. The van der Waals surface area contributed by atoms with Crippen LogP contribution in [-0.4, -0.2) is 16.1 Å². The number of hydrogen-bond acceptors (Lipinski definition) is 6. The highest BCUT2D eigenvalue weighted by atomic mass is 32.2. The van der Waals surface area contributed by atoms with Crippen LogP contribution in [0.1, 0.15) is 5.76 Å². The van der Waals surface area contributed by atoms with Crippen LogP contribution >= 0.6 is 23.1 Å². The van der Waals surface area contributed by atoms with Crippen LogP contribution in [0.5, 0.6) is 0 Å². The summed E-state index contributed by atoms with van der Waals surface area (Å²) in [6.07, 6.45) is 5.00. The topological polar surface area (TPSA) is 58.7 Å². The number of thioether (sulfide) groups is 1. The van der Waals surface area contributed by atoms with Crippen molar-refractivity contribution in [3.8, 4) is 0 Å². The van der Waals surface area contributed by atoms with Gasteiger partial charge in [-0.1, -0.05) is 18.2 Å². The quantitative estimate of drug-likeness (QED) is 0.649. The van der Waals surface area contributed by atoms with Crippen LogP contribution in [0.2, 0.25) is 0 Å². The fourth-order valence-corrected chi connectivity index (χ4v) is 3.73. The molecule has 7 heteroatoms. The number of nitrogens with zero attached hydrogens (tertiary/aromatic N) is 3. The molecule has 0 spiro atoms. The van der Waals surface area contributed by atoms with Gasteiger partial charge in [0.15, 0.2) is 5.17 Å². The van der Waals surface area contributed by atoms with Gasteiger partial charge < -0.3 is 4.42 Å². The van der Waals surface area contributed by atoms with Gasteiger partial charge in [-0.25, -0.2) is 4.98 Å². The van der Waals surface area contributed by atoms with Gasteiger partial charge in [0.2, 0.25) is 5.13 Å². The molecule has 0 saturated carbocycles. The van der Waals surface area contributed by atoms with Gasteiger partial charge >= 0.3 is 0 Å². The van der Waals surface area contributed by atoms with E-state index in [1.54, 1.807) is 29.5 Å². The van der Waals surface area contributed by atoms with Crippen molar-refractivity contribution in [1.82, 2.24) is 4.98 Å². The van der Waals surface area contributed by atoms with E-state index in [-0.39, 0.29) is 5.91 Å². The van der Waals surface area contributed by atoms with Crippen LogP contribution < -0.4 is 4.90 Å². The molecule has 0 atom stereocenters. The third-order valence-electron chi connectivity index (χ3n) is 3.25. The summed E-state index contributed by atoms with van der Waals surface area (Å²) in [5.41, 5.74) is 0.771. The maximum absolute atomic E-state index is 12.9. The summed E-state index contributed by atoms with van der Waals surface area (Å²) in [5.74, 6) is 0.507. The fraction of sp³-hybridized carbons (Fsp3) is 0. The monoisotopic (exact) mass is 353 g/mol. The number of carbonyl (C=O) groups excluding carboxylic acids is 1. The molecule has 3 heterocycles. The van der Waals surface area contributed by atoms with E-state index >= 15 is 0 Å². The lowest BCUT2D eigenvalue weighted by Crippen LogP contribution is -2.28. The number of hydrogen-bond donors (Lipinski definition) is 0. The minimum Gasteiger partial charge on any atom is -0.465 e. The molecule has 1 amide bonds. The Bertz CT molecular complexity index is 901. The van der Waals surface area contributed by atoms with E-state index < -0.39 is 0 Å². The van der Waals surface area contributed by atoms with E-state index in [1.807, 2.05) is 41.8 Å². The maximum Gasteiger partial charge on any atom is 0.271 e. The molecule has 4 rings (SSSR count). The molecule has 0 radical (unpaired) electrons. The average Bonchev–Trinajstić information content (AvgIpc) is 3.33. The van der Waals surface area contributed by atoms with Crippen LogP contribution in [0.15, 0.2) is 74.6 Å². The Morgan fingerprint density at radius 3 is 2.75 bits per heavy atom. The number of rotatable bonds is 3. The van der Waals surface area contributed by atoms with Crippen LogP contribution in [0.3, 0.4) is 0 Å². The zero-order chi connectivity index (χ0) is 16.4. The summed E-state index contributed by atoms with van der Waals surface area (Å²) < 4.78 is 5.32. The second kappa shape index (κ2) is 6.46. The van der Waals surface area contributed by atoms with E-state index in [0.717, 1.165) is 5.69 Å². The summed E-state index contributed by atoms with van der Waals surface area (Å²) in [7, 11) is 0. The Morgan fingerprint density at radius 1 is 1.17 bits per heavy atom. The lowest BCUT2D eigenvalue weighted by molar-refractivity contribution is -0.113. The first-order chi connectivity index (χ1) is 11.8. The number of aromatic nitrogens is 1. The molecular formula is C17H11N3O2S2. The Balaban J connectivity index is 1.77. The number of anilines is 1. The van der Waals surface area contributed by atoms with Crippen molar-refractivity contribution < 1.29 is 9.21 Å². The highest BCUT2D eigenvalue weighted by Crippen LogP contribution is 2.37. The first-order valence-electron chi connectivity index (χ1n) is 7.12. The van der Waals surface area contributed by atoms with Crippen LogP contribution in [0, 0.1) is 0 Å². The minimum absolute atomic E-state index is 0.127. The van der Waals surface area contributed by atoms with E-state index in [9.17, 15) is 4.79 Å². The number of benzene rings is 1. The Morgan fingerprint density at radius 2 is 2.04 bits per heavy atom. The van der Waals surface area contributed by atoms with Gasteiger partial charge in [0.1, 0.15) is 5.76 Å². The predicted octanol–water partition coefficient (Wildman–Crippen LogP) is 4.54. The molecule has 0 N–H and O–H groups in total. The van der Waals surface area contributed by atoms with Gasteiger partial charge in [-0.15, -0.1) is 11.3 Å². The van der Waals surface area contributed by atoms with Gasteiger partial charge in [0, 0.05) is 17.7 Å². The van der Waals surface area contributed by atoms with Crippen molar-refractivity contribution in [2.45, 2.75) is 0 Å². The number of thiazole rings is 1. The van der Waals surface area contributed by atoms with Crippen molar-refractivity contribution in [1.29, 1.82) is 0 Å². The van der Waals surface area contributed by atoms with Gasteiger partial charge in [-0.05, 0) is 36.0 Å². The van der Waals surface area contributed by atoms with Crippen molar-refractivity contribution in [2.75, 3.05) is 4.90 Å². The SMILES string of the molecule is O=C1/C(=C\c2ccco2)S/C(=N/c2nccs2)N1c1ccccc1. The second-order valence-electron chi connectivity index (χ2n) is 4.81. The number of para-hydroxylation sites is 1. The summed E-state index contributed by atoms with van der Waals surface area (Å²) in [4.78, 5) is 23.7. The number of furan rings is 1. The Hall–Kier alpha value is -2.64. The Labute approximate surface area is 146 Å². The van der Waals surface area contributed by atoms with Gasteiger partial charge in [-0.3, -0.25) is 9.69 Å². The third-order valence-corrected chi connectivity index (χ3v) is 4.88. The van der Waals surface area contributed by atoms with E-state index in [4.69, 9.17) is 4.42 Å². The van der Waals surface area contributed by atoms with Gasteiger partial charge in [0.25, 0.3) is 5.91 Å². The van der Waals surface area contributed by atoms with Gasteiger partial charge in [0.05, 0.1) is 16.9 Å². The van der Waals surface area contributed by atoms with Gasteiger partial charge in [-0.2, -0.15) is 4.99 Å². The molecule has 1 aromatic carbocycles. The molecule has 5 nitrogen and oxygen atoms in total. The minimum atomic E-state index is -0.127. The first kappa shape index (κ1) is 14.9. The molecule has 1 saturated heterocycles. The molecule has 3 aromatic rings. The lowest BCUT2D eigenvalue weighted by atomic mass is 10.3. The molecule has 2 aromatic heterocycles. The van der Waals surface area contributed by atoms with Crippen LogP contribution in [0.4, 0.5) is 10.8 Å². The molecule has 0 unspecified atom stereocenters. The average molecular weight is 353 g/mol. The highest BCUT2D eigenvalue weighted by molar-refractivity contribution is 8.19.